The maximum atomic E-state index is 15.0. The zero-order chi connectivity index (χ0) is 23.5. The van der Waals surface area contributed by atoms with E-state index in [1.165, 1.54) is 29.4 Å². The third kappa shape index (κ3) is 4.48. The van der Waals surface area contributed by atoms with Gasteiger partial charge in [0.05, 0.1) is 6.26 Å². The van der Waals surface area contributed by atoms with Gasteiger partial charge in [-0.2, -0.15) is 0 Å². The monoisotopic (exact) mass is 464 g/mol. The average molecular weight is 464 g/mol. The highest BCUT2D eigenvalue weighted by molar-refractivity contribution is 5.96. The lowest BCUT2D eigenvalue weighted by molar-refractivity contribution is -0.127. The fraction of sp³-hybridized carbons (Fsp3) is 0.308. The summed E-state index contributed by atoms with van der Waals surface area (Å²) in [5.41, 5.74) is 0.831. The molecule has 1 saturated carbocycles. The molecule has 176 valence electrons. The topological polar surface area (TPSA) is 81.0 Å². The van der Waals surface area contributed by atoms with Crippen molar-refractivity contribution in [2.75, 3.05) is 6.79 Å². The standard InChI is InChI=1S/C26H25FN2O5/c27-20-9-4-3-8-19(20)24(25(30)28-18-6-1-2-7-18)29(26(31)22-10-5-13-32-22)15-17-11-12-21-23(14-17)34-16-33-21/h3-5,8-14,18,24H,1-2,6-7,15-16H2,(H,28,30)/t24-/m1/s1. The maximum absolute atomic E-state index is 15.0. The number of hydrogen-bond acceptors (Lipinski definition) is 5. The van der Waals surface area contributed by atoms with Gasteiger partial charge in [0.2, 0.25) is 12.7 Å². The van der Waals surface area contributed by atoms with Gasteiger partial charge in [0.25, 0.3) is 5.91 Å². The summed E-state index contributed by atoms with van der Waals surface area (Å²) in [6.07, 6.45) is 5.18. The summed E-state index contributed by atoms with van der Waals surface area (Å²) in [7, 11) is 0. The van der Waals surface area contributed by atoms with Crippen LogP contribution in [0.5, 0.6) is 11.5 Å². The quantitative estimate of drug-likeness (QED) is 0.553. The first-order valence-corrected chi connectivity index (χ1v) is 11.4. The van der Waals surface area contributed by atoms with E-state index in [0.29, 0.717) is 17.1 Å². The molecule has 0 unspecified atom stereocenters. The molecule has 2 heterocycles. The van der Waals surface area contributed by atoms with E-state index in [0.717, 1.165) is 25.7 Å². The Morgan fingerprint density at radius 1 is 1.03 bits per heavy atom. The highest BCUT2D eigenvalue weighted by atomic mass is 19.1. The average Bonchev–Trinajstić information content (AvgIpc) is 3.62. The smallest absolute Gasteiger partial charge is 0.290 e. The molecule has 1 aliphatic heterocycles. The van der Waals surface area contributed by atoms with Crippen LogP contribution < -0.4 is 14.8 Å². The summed E-state index contributed by atoms with van der Waals surface area (Å²) < 4.78 is 31.2. The van der Waals surface area contributed by atoms with Crippen molar-refractivity contribution in [1.29, 1.82) is 0 Å². The Kier molecular flexibility index (Phi) is 6.20. The van der Waals surface area contributed by atoms with Crippen molar-refractivity contribution in [1.82, 2.24) is 10.2 Å². The van der Waals surface area contributed by atoms with E-state index in [1.807, 2.05) is 0 Å². The highest BCUT2D eigenvalue weighted by Crippen LogP contribution is 2.35. The molecule has 0 spiro atoms. The van der Waals surface area contributed by atoms with Crippen molar-refractivity contribution in [3.05, 3.63) is 83.6 Å². The molecule has 8 heteroatoms. The number of ether oxygens (including phenoxy) is 2. The minimum atomic E-state index is -1.19. The third-order valence-electron chi connectivity index (χ3n) is 6.24. The van der Waals surface area contributed by atoms with E-state index in [4.69, 9.17) is 13.9 Å². The first-order chi connectivity index (χ1) is 16.6. The van der Waals surface area contributed by atoms with Gasteiger partial charge in [-0.05, 0) is 48.7 Å². The van der Waals surface area contributed by atoms with Crippen LogP contribution in [0, 0.1) is 5.82 Å². The number of nitrogens with zero attached hydrogens (tertiary/aromatic N) is 1. The lowest BCUT2D eigenvalue weighted by Gasteiger charge is -2.32. The lowest BCUT2D eigenvalue weighted by Crippen LogP contribution is -2.46. The van der Waals surface area contributed by atoms with Crippen LogP contribution in [0.2, 0.25) is 0 Å². The Labute approximate surface area is 196 Å². The van der Waals surface area contributed by atoms with Crippen molar-refractivity contribution < 1.29 is 27.9 Å². The predicted octanol–water partition coefficient (Wildman–Crippen LogP) is 4.59. The molecule has 0 bridgehead atoms. The Balaban J connectivity index is 1.54. The number of hydrogen-bond donors (Lipinski definition) is 1. The fourth-order valence-corrected chi connectivity index (χ4v) is 4.56. The molecule has 1 atom stereocenters. The first kappa shape index (κ1) is 22.0. The molecule has 0 saturated heterocycles. The summed E-state index contributed by atoms with van der Waals surface area (Å²) in [6.45, 7) is 0.155. The Bertz CT molecular complexity index is 1170. The SMILES string of the molecule is O=C(NC1CCCC1)[C@@H](c1ccccc1F)N(Cc1ccc2c(c1)OCO2)C(=O)c1ccco1. The molecule has 2 amide bonds. The summed E-state index contributed by atoms with van der Waals surface area (Å²) in [4.78, 5) is 28.5. The highest BCUT2D eigenvalue weighted by Gasteiger charge is 2.36. The van der Waals surface area contributed by atoms with Gasteiger partial charge in [-0.25, -0.2) is 4.39 Å². The lowest BCUT2D eigenvalue weighted by atomic mass is 10.0. The number of amides is 2. The van der Waals surface area contributed by atoms with E-state index in [2.05, 4.69) is 5.32 Å². The second-order valence-electron chi connectivity index (χ2n) is 8.51. The summed E-state index contributed by atoms with van der Waals surface area (Å²) in [5.74, 6) is -0.263. The molecule has 1 fully saturated rings. The summed E-state index contributed by atoms with van der Waals surface area (Å²) in [5, 5.41) is 3.04. The molecule has 5 rings (SSSR count). The number of carbonyl (C=O) groups excluding carboxylic acids is 2. The summed E-state index contributed by atoms with van der Waals surface area (Å²) >= 11 is 0. The number of halogens is 1. The van der Waals surface area contributed by atoms with E-state index in [9.17, 15) is 9.59 Å². The molecular weight excluding hydrogens is 439 g/mol. The van der Waals surface area contributed by atoms with Crippen molar-refractivity contribution in [3.63, 3.8) is 0 Å². The second kappa shape index (κ2) is 9.59. The number of carbonyl (C=O) groups is 2. The first-order valence-electron chi connectivity index (χ1n) is 11.4. The molecular formula is C26H25FN2O5. The number of fused-ring (bicyclic) bond motifs is 1. The van der Waals surface area contributed by atoms with E-state index in [1.54, 1.807) is 36.4 Å². The maximum Gasteiger partial charge on any atom is 0.290 e. The van der Waals surface area contributed by atoms with Crippen molar-refractivity contribution in [3.8, 4) is 11.5 Å². The summed E-state index contributed by atoms with van der Waals surface area (Å²) in [6, 6.07) is 13.3. The zero-order valence-electron chi connectivity index (χ0n) is 18.5. The van der Waals surface area contributed by atoms with E-state index in [-0.39, 0.29) is 30.7 Å². The van der Waals surface area contributed by atoms with Crippen LogP contribution in [0.25, 0.3) is 0 Å². The Hall–Kier alpha value is -3.81. The molecule has 2 aliphatic rings. The minimum Gasteiger partial charge on any atom is -0.459 e. The van der Waals surface area contributed by atoms with Gasteiger partial charge in [-0.3, -0.25) is 9.59 Å². The van der Waals surface area contributed by atoms with Gasteiger partial charge in [0, 0.05) is 18.2 Å². The van der Waals surface area contributed by atoms with Gasteiger partial charge in [-0.15, -0.1) is 0 Å². The second-order valence-corrected chi connectivity index (χ2v) is 8.51. The number of rotatable bonds is 7. The minimum absolute atomic E-state index is 0.00730. The van der Waals surface area contributed by atoms with Crippen LogP contribution in [-0.4, -0.2) is 29.5 Å². The third-order valence-corrected chi connectivity index (χ3v) is 6.24. The van der Waals surface area contributed by atoms with E-state index < -0.39 is 23.7 Å². The van der Waals surface area contributed by atoms with Gasteiger partial charge >= 0.3 is 0 Å². The molecule has 1 aliphatic carbocycles. The molecule has 34 heavy (non-hydrogen) atoms. The molecule has 1 aromatic heterocycles. The van der Waals surface area contributed by atoms with Gasteiger partial charge < -0.3 is 24.1 Å². The molecule has 7 nitrogen and oxygen atoms in total. The van der Waals surface area contributed by atoms with Crippen molar-refractivity contribution in [2.24, 2.45) is 0 Å². The largest absolute Gasteiger partial charge is 0.459 e. The number of nitrogens with one attached hydrogen (secondary N) is 1. The van der Waals surface area contributed by atoms with Crippen LogP contribution >= 0.6 is 0 Å². The van der Waals surface area contributed by atoms with Crippen LogP contribution in [0.4, 0.5) is 4.39 Å². The van der Waals surface area contributed by atoms with Crippen LogP contribution in [0.3, 0.4) is 0 Å². The zero-order valence-corrected chi connectivity index (χ0v) is 18.5. The molecule has 3 aromatic rings. The number of furan rings is 1. The Morgan fingerprint density at radius 3 is 2.59 bits per heavy atom. The molecule has 1 N–H and O–H groups in total. The van der Waals surface area contributed by atoms with Crippen molar-refractivity contribution >= 4 is 11.8 Å². The number of benzene rings is 2. The molecule has 2 aromatic carbocycles. The Morgan fingerprint density at radius 2 is 1.82 bits per heavy atom. The molecule has 0 radical (unpaired) electrons. The van der Waals surface area contributed by atoms with Crippen LogP contribution in [0.15, 0.2) is 65.3 Å². The van der Waals surface area contributed by atoms with Gasteiger partial charge in [0.15, 0.2) is 17.3 Å². The fourth-order valence-electron chi connectivity index (χ4n) is 4.56. The van der Waals surface area contributed by atoms with Crippen LogP contribution in [0.1, 0.15) is 53.4 Å². The predicted molar refractivity (Wildman–Crippen MR) is 121 cm³/mol. The van der Waals surface area contributed by atoms with Gasteiger partial charge in [-0.1, -0.05) is 37.1 Å². The normalized spacial score (nSPS) is 15.8. The van der Waals surface area contributed by atoms with Gasteiger partial charge in [0.1, 0.15) is 11.9 Å². The van der Waals surface area contributed by atoms with E-state index >= 15 is 4.39 Å². The van der Waals surface area contributed by atoms with Crippen molar-refractivity contribution in [2.45, 2.75) is 44.3 Å². The van der Waals surface area contributed by atoms with Crippen LogP contribution in [-0.2, 0) is 11.3 Å².